The van der Waals surface area contributed by atoms with Crippen LogP contribution in [-0.2, 0) is 4.79 Å². The van der Waals surface area contributed by atoms with Crippen molar-refractivity contribution in [3.05, 3.63) is 59.2 Å². The molecule has 0 saturated carbocycles. The second-order valence-corrected chi connectivity index (χ2v) is 6.23. The van der Waals surface area contributed by atoms with Gasteiger partial charge in [0.1, 0.15) is 5.82 Å². The van der Waals surface area contributed by atoms with E-state index < -0.39 is 24.6 Å². The quantitative estimate of drug-likeness (QED) is 0.622. The van der Waals surface area contributed by atoms with Gasteiger partial charge >= 0.3 is 57.4 Å². The van der Waals surface area contributed by atoms with E-state index in [1.165, 1.54) is 18.2 Å². The number of pyridine rings is 1. The van der Waals surface area contributed by atoms with Crippen molar-refractivity contribution in [2.45, 2.75) is 38.9 Å². The number of aliphatic hydroxyl groups excluding tert-OH is 2. The Morgan fingerprint density at radius 2 is 1.85 bits per heavy atom. The molecule has 7 heteroatoms. The number of carboxylic acid groups (broad SMARTS) is 1. The molecule has 2 aromatic rings. The maximum absolute atomic E-state index is 13.2. The van der Waals surface area contributed by atoms with Gasteiger partial charge in [0, 0.05) is 23.4 Å². The Balaban J connectivity index is 0.00000364. The van der Waals surface area contributed by atoms with Crippen molar-refractivity contribution in [2.24, 2.45) is 0 Å². The molecule has 0 spiro atoms. The third-order valence-electron chi connectivity index (χ3n) is 3.94. The fourth-order valence-electron chi connectivity index (χ4n) is 2.77. The number of benzene rings is 1. The Kier molecular flexibility index (Phi) is 9.96. The second-order valence-electron chi connectivity index (χ2n) is 6.23. The zero-order valence-corrected chi connectivity index (χ0v) is 14.7. The van der Waals surface area contributed by atoms with E-state index in [9.17, 15) is 19.4 Å². The Labute approximate surface area is 200 Å². The van der Waals surface area contributed by atoms with Crippen molar-refractivity contribution in [3.8, 4) is 11.1 Å². The molecular formula is C20H23FKNO4. The number of aliphatic carboxylic acids is 1. The monoisotopic (exact) mass is 399 g/mol. The topological polar surface area (TPSA) is 90.7 Å². The van der Waals surface area contributed by atoms with Crippen LogP contribution in [0.3, 0.4) is 0 Å². The fourth-order valence-corrected chi connectivity index (χ4v) is 2.77. The van der Waals surface area contributed by atoms with Gasteiger partial charge in [-0.25, -0.2) is 4.39 Å². The minimum absolute atomic E-state index is 0. The Hall–Kier alpha value is -0.934. The van der Waals surface area contributed by atoms with Gasteiger partial charge in [0.25, 0.3) is 0 Å². The molecule has 1 heterocycles. The third kappa shape index (κ3) is 7.54. The Morgan fingerprint density at radius 1 is 1.22 bits per heavy atom. The molecule has 0 saturated heterocycles. The van der Waals surface area contributed by atoms with Crippen LogP contribution in [0.2, 0.25) is 0 Å². The zero-order chi connectivity index (χ0) is 19.3. The minimum atomic E-state index is -1.12. The van der Waals surface area contributed by atoms with E-state index in [-0.39, 0.29) is 63.6 Å². The number of aromatic nitrogens is 1. The summed E-state index contributed by atoms with van der Waals surface area (Å²) in [6.45, 7) is 3.70. The molecule has 0 amide bonds. The first-order chi connectivity index (χ1) is 12.3. The van der Waals surface area contributed by atoms with Crippen molar-refractivity contribution in [1.29, 1.82) is 0 Å². The summed E-state index contributed by atoms with van der Waals surface area (Å²) in [7, 11) is 0. The summed E-state index contributed by atoms with van der Waals surface area (Å²) in [6, 6.07) is 7.99. The van der Waals surface area contributed by atoms with Crippen LogP contribution in [-0.4, -0.2) is 89.9 Å². The van der Waals surface area contributed by atoms with E-state index in [0.29, 0.717) is 0 Å². The fraction of sp³-hybridized carbons (Fsp3) is 0.300. The predicted molar refractivity (Wildman–Crippen MR) is 104 cm³/mol. The first-order valence-electron chi connectivity index (χ1n) is 8.26. The molecular weight excluding hydrogens is 376 g/mol. The molecule has 0 fully saturated rings. The van der Waals surface area contributed by atoms with Crippen LogP contribution in [0.15, 0.2) is 36.4 Å². The summed E-state index contributed by atoms with van der Waals surface area (Å²) in [5.41, 5.74) is 4.01. The van der Waals surface area contributed by atoms with Crippen molar-refractivity contribution < 1.29 is 24.5 Å². The number of nitrogens with zero attached hydrogens (tertiary/aromatic N) is 1. The van der Waals surface area contributed by atoms with Gasteiger partial charge in [-0.3, -0.25) is 9.78 Å². The second kappa shape index (κ2) is 11.2. The molecule has 0 aliphatic rings. The van der Waals surface area contributed by atoms with Crippen LogP contribution < -0.4 is 0 Å². The van der Waals surface area contributed by atoms with Gasteiger partial charge in [-0.05, 0) is 43.2 Å². The maximum atomic E-state index is 13.2. The molecule has 1 aromatic heterocycles. The molecule has 2 rings (SSSR count). The standard InChI is InChI=1S/C20H22FNO4.K.H/c1-12-9-19(14-3-5-15(21)6-4-14)18(13(2)22-12)8-7-16(23)10-17(24)11-20(25)26;;/h3-9,16-17,23-24H,10-11H2,1-2H3,(H,25,26);;/b8-7-;;/t16-,17-;;/m1../s1. The molecule has 0 radical (unpaired) electrons. The van der Waals surface area contributed by atoms with Crippen molar-refractivity contribution in [1.82, 2.24) is 4.98 Å². The number of carbonyl (C=O) groups is 1. The molecule has 27 heavy (non-hydrogen) atoms. The van der Waals surface area contributed by atoms with Gasteiger partial charge in [0.15, 0.2) is 0 Å². The van der Waals surface area contributed by atoms with Gasteiger partial charge in [0.05, 0.1) is 18.6 Å². The molecule has 0 unspecified atom stereocenters. The van der Waals surface area contributed by atoms with Crippen LogP contribution in [0.1, 0.15) is 29.8 Å². The van der Waals surface area contributed by atoms with Crippen molar-refractivity contribution >= 4 is 63.4 Å². The van der Waals surface area contributed by atoms with E-state index in [2.05, 4.69) is 4.98 Å². The summed E-state index contributed by atoms with van der Waals surface area (Å²) in [4.78, 5) is 15.0. The van der Waals surface area contributed by atoms with E-state index in [1.807, 2.05) is 19.9 Å². The van der Waals surface area contributed by atoms with Crippen molar-refractivity contribution in [3.63, 3.8) is 0 Å². The van der Waals surface area contributed by atoms with Gasteiger partial charge in [-0.2, -0.15) is 0 Å². The number of aliphatic hydroxyl groups is 2. The van der Waals surface area contributed by atoms with Gasteiger partial charge < -0.3 is 15.3 Å². The number of hydrogen-bond donors (Lipinski definition) is 3. The van der Waals surface area contributed by atoms with Crippen LogP contribution in [0.5, 0.6) is 0 Å². The molecule has 140 valence electrons. The number of carboxylic acids is 1. The molecule has 2 atom stereocenters. The average molecular weight is 400 g/mol. The predicted octanol–water partition coefficient (Wildman–Crippen LogP) is 2.46. The summed E-state index contributed by atoms with van der Waals surface area (Å²) < 4.78 is 13.2. The normalized spacial score (nSPS) is 13.2. The zero-order valence-electron chi connectivity index (χ0n) is 14.7. The molecule has 1 aromatic carbocycles. The number of rotatable bonds is 7. The Morgan fingerprint density at radius 3 is 2.44 bits per heavy atom. The molecule has 3 N–H and O–H groups in total. The van der Waals surface area contributed by atoms with Gasteiger partial charge in [-0.1, -0.05) is 24.3 Å². The van der Waals surface area contributed by atoms with Crippen LogP contribution >= 0.6 is 0 Å². The summed E-state index contributed by atoms with van der Waals surface area (Å²) in [5.74, 6) is -1.44. The number of hydrogen-bond acceptors (Lipinski definition) is 4. The van der Waals surface area contributed by atoms with E-state index in [0.717, 1.165) is 28.1 Å². The van der Waals surface area contributed by atoms with E-state index in [4.69, 9.17) is 5.11 Å². The van der Waals surface area contributed by atoms with E-state index >= 15 is 0 Å². The molecule has 0 bridgehead atoms. The molecule has 0 aliphatic heterocycles. The summed E-state index contributed by atoms with van der Waals surface area (Å²) in [5, 5.41) is 28.3. The van der Waals surface area contributed by atoms with E-state index in [1.54, 1.807) is 18.2 Å². The first kappa shape index (κ1) is 24.1. The summed E-state index contributed by atoms with van der Waals surface area (Å²) >= 11 is 0. The average Bonchev–Trinajstić information content (AvgIpc) is 2.53. The molecule has 0 aliphatic carbocycles. The van der Waals surface area contributed by atoms with Crippen molar-refractivity contribution in [2.75, 3.05) is 0 Å². The Bertz CT molecular complexity index is 808. The SMILES string of the molecule is Cc1cc(-c2ccc(F)cc2)c(/C=C\[C@@H](O)C[C@@H](O)CC(=O)O)c(C)n1.[KH]. The number of halogens is 1. The summed E-state index contributed by atoms with van der Waals surface area (Å²) in [6.07, 6.45) is 0.576. The van der Waals surface area contributed by atoms with Crippen LogP contribution in [0.4, 0.5) is 4.39 Å². The van der Waals surface area contributed by atoms with Crippen LogP contribution in [0, 0.1) is 19.7 Å². The third-order valence-corrected chi connectivity index (χ3v) is 3.94. The van der Waals surface area contributed by atoms with Gasteiger partial charge in [-0.15, -0.1) is 0 Å². The number of aryl methyl sites for hydroxylation is 2. The van der Waals surface area contributed by atoms with Gasteiger partial charge in [0.2, 0.25) is 0 Å². The molecule has 5 nitrogen and oxygen atoms in total. The first-order valence-corrected chi connectivity index (χ1v) is 8.26. The van der Waals surface area contributed by atoms with Crippen LogP contribution in [0.25, 0.3) is 17.2 Å².